The number of piperazine rings is 1. The van der Waals surface area contributed by atoms with E-state index in [9.17, 15) is 9.18 Å². The van der Waals surface area contributed by atoms with Crippen LogP contribution >= 0.6 is 0 Å². The minimum absolute atomic E-state index is 0.155. The molecule has 1 amide bonds. The number of amides is 1. The second-order valence-corrected chi connectivity index (χ2v) is 6.54. The van der Waals surface area contributed by atoms with Gasteiger partial charge in [0.05, 0.1) is 0 Å². The fraction of sp³-hybridized carbons (Fsp3) is 0.250. The predicted octanol–water partition coefficient (Wildman–Crippen LogP) is 3.05. The first-order valence-electron chi connectivity index (χ1n) is 8.89. The molecule has 138 valence electrons. The van der Waals surface area contributed by atoms with E-state index in [-0.39, 0.29) is 11.7 Å². The molecule has 27 heavy (non-hydrogen) atoms. The molecule has 0 saturated carbocycles. The van der Waals surface area contributed by atoms with Gasteiger partial charge in [-0.2, -0.15) is 0 Å². The fourth-order valence-corrected chi connectivity index (χ4v) is 3.36. The van der Waals surface area contributed by atoms with Crippen molar-refractivity contribution in [2.45, 2.75) is 6.92 Å². The van der Waals surface area contributed by atoms with Crippen molar-refractivity contribution in [2.24, 2.45) is 0 Å². The number of anilines is 3. The van der Waals surface area contributed by atoms with Crippen LogP contribution in [0.3, 0.4) is 0 Å². The summed E-state index contributed by atoms with van der Waals surface area (Å²) in [5.41, 5.74) is 1.83. The zero-order valence-corrected chi connectivity index (χ0v) is 15.0. The van der Waals surface area contributed by atoms with E-state index >= 15 is 0 Å². The van der Waals surface area contributed by atoms with Gasteiger partial charge in [-0.3, -0.25) is 9.78 Å². The molecule has 1 aliphatic rings. The zero-order chi connectivity index (χ0) is 18.8. The minimum Gasteiger partial charge on any atom is -0.368 e. The van der Waals surface area contributed by atoms with Gasteiger partial charge in [-0.15, -0.1) is 0 Å². The summed E-state index contributed by atoms with van der Waals surface area (Å²) >= 11 is 0. The molecule has 3 heterocycles. The van der Waals surface area contributed by atoms with E-state index in [0.717, 1.165) is 48.6 Å². The van der Waals surface area contributed by atoms with Crippen LogP contribution in [-0.2, 0) is 4.79 Å². The monoisotopic (exact) mass is 365 g/mol. The van der Waals surface area contributed by atoms with Gasteiger partial charge >= 0.3 is 0 Å². The lowest BCUT2D eigenvalue weighted by Gasteiger charge is -2.37. The molecule has 7 heteroatoms. The van der Waals surface area contributed by atoms with Gasteiger partial charge in [-0.25, -0.2) is 9.37 Å². The maximum atomic E-state index is 13.1. The SMILES string of the molecule is CC(=O)Nc1cc2cccnc2c(N2CCN(c3ccc(F)cc3)CC2)n1. The van der Waals surface area contributed by atoms with Crippen molar-refractivity contribution >= 4 is 34.1 Å². The summed E-state index contributed by atoms with van der Waals surface area (Å²) in [6.07, 6.45) is 1.75. The number of pyridine rings is 2. The Balaban J connectivity index is 1.59. The lowest BCUT2D eigenvalue weighted by atomic mass is 10.2. The Labute approximate surface area is 156 Å². The summed E-state index contributed by atoms with van der Waals surface area (Å²) in [7, 11) is 0. The fourth-order valence-electron chi connectivity index (χ4n) is 3.36. The summed E-state index contributed by atoms with van der Waals surface area (Å²) in [5.74, 6) is 0.918. The molecule has 2 aromatic heterocycles. The molecule has 1 N–H and O–H groups in total. The molecule has 1 saturated heterocycles. The third-order valence-electron chi connectivity index (χ3n) is 4.64. The molecule has 0 atom stereocenters. The van der Waals surface area contributed by atoms with Crippen LogP contribution in [0.15, 0.2) is 48.7 Å². The van der Waals surface area contributed by atoms with E-state index in [1.54, 1.807) is 18.3 Å². The Bertz CT molecular complexity index is 968. The van der Waals surface area contributed by atoms with Gasteiger partial charge in [0.15, 0.2) is 5.82 Å². The van der Waals surface area contributed by atoms with Crippen LogP contribution in [0.1, 0.15) is 6.92 Å². The largest absolute Gasteiger partial charge is 0.368 e. The van der Waals surface area contributed by atoms with Crippen LogP contribution in [0.2, 0.25) is 0 Å². The predicted molar refractivity (Wildman–Crippen MR) is 105 cm³/mol. The summed E-state index contributed by atoms with van der Waals surface area (Å²) in [6, 6.07) is 12.2. The quantitative estimate of drug-likeness (QED) is 0.773. The van der Waals surface area contributed by atoms with Gasteiger partial charge in [0.1, 0.15) is 17.2 Å². The van der Waals surface area contributed by atoms with Crippen LogP contribution in [0, 0.1) is 5.82 Å². The Hall–Kier alpha value is -3.22. The third kappa shape index (κ3) is 3.67. The molecule has 1 aliphatic heterocycles. The highest BCUT2D eigenvalue weighted by Crippen LogP contribution is 2.27. The van der Waals surface area contributed by atoms with Gasteiger partial charge in [-0.1, -0.05) is 6.07 Å². The average Bonchev–Trinajstić information content (AvgIpc) is 2.68. The number of rotatable bonds is 3. The molecule has 0 unspecified atom stereocenters. The number of aromatic nitrogens is 2. The highest BCUT2D eigenvalue weighted by atomic mass is 19.1. The number of halogens is 1. The lowest BCUT2D eigenvalue weighted by Crippen LogP contribution is -2.47. The lowest BCUT2D eigenvalue weighted by molar-refractivity contribution is -0.114. The molecule has 3 aromatic rings. The topological polar surface area (TPSA) is 61.4 Å². The summed E-state index contributed by atoms with van der Waals surface area (Å²) in [4.78, 5) is 25.0. The number of carbonyl (C=O) groups is 1. The van der Waals surface area contributed by atoms with Crippen LogP contribution < -0.4 is 15.1 Å². The maximum Gasteiger partial charge on any atom is 0.222 e. The zero-order valence-electron chi connectivity index (χ0n) is 15.0. The van der Waals surface area contributed by atoms with Gasteiger partial charge in [0.2, 0.25) is 5.91 Å². The molecule has 1 aromatic carbocycles. The van der Waals surface area contributed by atoms with E-state index in [1.165, 1.54) is 19.1 Å². The standard InChI is InChI=1S/C20H20FN5O/c1-14(27)23-18-13-15-3-2-8-22-19(15)20(24-18)26-11-9-25(10-12-26)17-6-4-16(21)5-7-17/h2-8,13H,9-12H2,1H3,(H,23,24,27). The first-order chi connectivity index (χ1) is 13.1. The number of carbonyl (C=O) groups excluding carboxylic acids is 1. The molecular formula is C20H20FN5O. The van der Waals surface area contributed by atoms with Crippen molar-refractivity contribution < 1.29 is 9.18 Å². The number of fused-ring (bicyclic) bond motifs is 1. The van der Waals surface area contributed by atoms with Crippen LogP contribution in [0.25, 0.3) is 10.9 Å². The van der Waals surface area contributed by atoms with Crippen molar-refractivity contribution in [3.63, 3.8) is 0 Å². The van der Waals surface area contributed by atoms with Crippen molar-refractivity contribution in [2.75, 3.05) is 41.3 Å². The molecule has 0 bridgehead atoms. The van der Waals surface area contributed by atoms with Crippen molar-refractivity contribution in [3.05, 3.63) is 54.5 Å². The highest BCUT2D eigenvalue weighted by molar-refractivity contribution is 5.95. The average molecular weight is 365 g/mol. The van der Waals surface area contributed by atoms with Gasteiger partial charge < -0.3 is 15.1 Å². The molecular weight excluding hydrogens is 345 g/mol. The number of benzene rings is 1. The minimum atomic E-state index is -0.228. The molecule has 0 radical (unpaired) electrons. The van der Waals surface area contributed by atoms with Gasteiger partial charge in [0.25, 0.3) is 0 Å². The first-order valence-corrected chi connectivity index (χ1v) is 8.89. The highest BCUT2D eigenvalue weighted by Gasteiger charge is 2.21. The van der Waals surface area contributed by atoms with E-state index < -0.39 is 0 Å². The van der Waals surface area contributed by atoms with E-state index in [1.807, 2.05) is 18.2 Å². The number of nitrogens with one attached hydrogen (secondary N) is 1. The molecule has 1 fully saturated rings. The smallest absolute Gasteiger partial charge is 0.222 e. The maximum absolute atomic E-state index is 13.1. The third-order valence-corrected chi connectivity index (χ3v) is 4.64. The summed E-state index contributed by atoms with van der Waals surface area (Å²) in [5, 5.41) is 3.70. The Morgan fingerprint density at radius 1 is 1.07 bits per heavy atom. The second-order valence-electron chi connectivity index (χ2n) is 6.54. The van der Waals surface area contributed by atoms with E-state index in [0.29, 0.717) is 5.82 Å². The molecule has 4 rings (SSSR count). The van der Waals surface area contributed by atoms with Crippen LogP contribution in [0.5, 0.6) is 0 Å². The van der Waals surface area contributed by atoms with Crippen molar-refractivity contribution in [3.8, 4) is 0 Å². The van der Waals surface area contributed by atoms with Gasteiger partial charge in [-0.05, 0) is 36.4 Å². The second kappa shape index (κ2) is 7.19. The number of hydrogen-bond donors (Lipinski definition) is 1. The Morgan fingerprint density at radius 2 is 1.78 bits per heavy atom. The van der Waals surface area contributed by atoms with Gasteiger partial charge in [0, 0.05) is 50.4 Å². The van der Waals surface area contributed by atoms with E-state index in [4.69, 9.17) is 0 Å². The Morgan fingerprint density at radius 3 is 2.48 bits per heavy atom. The molecule has 0 aliphatic carbocycles. The van der Waals surface area contributed by atoms with Crippen LogP contribution in [0.4, 0.5) is 21.7 Å². The normalized spacial score (nSPS) is 14.4. The molecule has 0 spiro atoms. The summed E-state index contributed by atoms with van der Waals surface area (Å²) < 4.78 is 13.1. The van der Waals surface area contributed by atoms with E-state index in [2.05, 4.69) is 25.1 Å². The molecule has 6 nitrogen and oxygen atoms in total. The van der Waals surface area contributed by atoms with Crippen molar-refractivity contribution in [1.82, 2.24) is 9.97 Å². The van der Waals surface area contributed by atoms with Crippen molar-refractivity contribution in [1.29, 1.82) is 0 Å². The summed E-state index contributed by atoms with van der Waals surface area (Å²) in [6.45, 7) is 4.59. The Kier molecular flexibility index (Phi) is 4.58. The van der Waals surface area contributed by atoms with Crippen LogP contribution in [-0.4, -0.2) is 42.1 Å². The number of hydrogen-bond acceptors (Lipinski definition) is 5. The first kappa shape index (κ1) is 17.2. The number of nitrogens with zero attached hydrogens (tertiary/aromatic N) is 4.